The van der Waals surface area contributed by atoms with Gasteiger partial charge in [0.2, 0.25) is 5.91 Å². The molecule has 0 spiro atoms. The van der Waals surface area contributed by atoms with E-state index in [1.54, 1.807) is 29.6 Å². The van der Waals surface area contributed by atoms with Crippen LogP contribution in [0.5, 0.6) is 0 Å². The molecule has 4 rings (SSSR count). The molecule has 0 radical (unpaired) electrons. The largest absolute Gasteiger partial charge is 0.336 e. The van der Waals surface area contributed by atoms with E-state index in [-0.39, 0.29) is 18.0 Å². The Kier molecular flexibility index (Phi) is 5.37. The lowest BCUT2D eigenvalue weighted by atomic mass is 10.1. The van der Waals surface area contributed by atoms with E-state index >= 15 is 0 Å². The summed E-state index contributed by atoms with van der Waals surface area (Å²) in [7, 11) is 0. The number of fused-ring (bicyclic) bond motifs is 1. The van der Waals surface area contributed by atoms with E-state index in [0.717, 1.165) is 27.8 Å². The zero-order chi connectivity index (χ0) is 21.3. The molecule has 0 saturated heterocycles. The first-order valence-electron chi connectivity index (χ1n) is 9.67. The van der Waals surface area contributed by atoms with Gasteiger partial charge in [-0.1, -0.05) is 37.3 Å². The summed E-state index contributed by atoms with van der Waals surface area (Å²) >= 11 is 1.26. The van der Waals surface area contributed by atoms with Gasteiger partial charge in [0.05, 0.1) is 11.2 Å². The van der Waals surface area contributed by atoms with E-state index in [1.807, 2.05) is 44.2 Å². The minimum Gasteiger partial charge on any atom is -0.324 e. The van der Waals surface area contributed by atoms with Crippen molar-refractivity contribution in [2.75, 3.05) is 5.32 Å². The molecular formula is C23H21N3O3S. The van der Waals surface area contributed by atoms with Crippen LogP contribution in [0.2, 0.25) is 0 Å². The fourth-order valence-electron chi connectivity index (χ4n) is 3.52. The molecule has 152 valence electrons. The molecule has 30 heavy (non-hydrogen) atoms. The predicted octanol–water partition coefficient (Wildman–Crippen LogP) is 3.72. The number of benzene rings is 2. The number of hydrogen-bond acceptors (Lipinski definition) is 4. The number of hydrogen-bond donors (Lipinski definition) is 1. The molecule has 1 N–H and O–H groups in total. The van der Waals surface area contributed by atoms with Gasteiger partial charge in [0.25, 0.3) is 5.56 Å². The van der Waals surface area contributed by atoms with Crippen LogP contribution in [-0.4, -0.2) is 15.0 Å². The van der Waals surface area contributed by atoms with E-state index in [9.17, 15) is 14.4 Å². The molecule has 2 aromatic carbocycles. The van der Waals surface area contributed by atoms with Gasteiger partial charge in [-0.05, 0) is 54.1 Å². The van der Waals surface area contributed by atoms with E-state index in [4.69, 9.17) is 0 Å². The van der Waals surface area contributed by atoms with E-state index in [0.29, 0.717) is 15.9 Å². The molecular weight excluding hydrogens is 398 g/mol. The second-order valence-electron chi connectivity index (χ2n) is 7.04. The van der Waals surface area contributed by atoms with Gasteiger partial charge in [-0.25, -0.2) is 9.36 Å². The highest BCUT2D eigenvalue weighted by atomic mass is 32.1. The van der Waals surface area contributed by atoms with Crippen LogP contribution in [0.4, 0.5) is 5.69 Å². The summed E-state index contributed by atoms with van der Waals surface area (Å²) in [6.45, 7) is 3.73. The number of carbonyl (C=O) groups excluding carboxylic acids is 1. The molecule has 7 heteroatoms. The van der Waals surface area contributed by atoms with Crippen molar-refractivity contribution < 1.29 is 4.79 Å². The Hall–Kier alpha value is -3.45. The van der Waals surface area contributed by atoms with Gasteiger partial charge in [-0.3, -0.25) is 14.2 Å². The third-order valence-electron chi connectivity index (χ3n) is 4.99. The highest BCUT2D eigenvalue weighted by molar-refractivity contribution is 7.17. The van der Waals surface area contributed by atoms with Crippen LogP contribution >= 0.6 is 11.3 Å². The SMILES string of the molecule is CCc1ccccc1NC(=O)Cn1c(=O)n(-c2cccc(C)c2)c(=O)c2sccc21. The van der Waals surface area contributed by atoms with Crippen molar-refractivity contribution in [2.24, 2.45) is 0 Å². The summed E-state index contributed by atoms with van der Waals surface area (Å²) in [5, 5.41) is 4.65. The monoisotopic (exact) mass is 419 g/mol. The third kappa shape index (κ3) is 3.59. The molecule has 0 saturated carbocycles. The Morgan fingerprint density at radius 2 is 1.87 bits per heavy atom. The molecule has 0 bridgehead atoms. The van der Waals surface area contributed by atoms with Crippen LogP contribution in [0.3, 0.4) is 0 Å². The number of amides is 1. The Morgan fingerprint density at radius 1 is 1.07 bits per heavy atom. The predicted molar refractivity (Wildman–Crippen MR) is 121 cm³/mol. The number of aryl methyl sites for hydroxylation is 2. The lowest BCUT2D eigenvalue weighted by Gasteiger charge is -2.14. The number of anilines is 1. The summed E-state index contributed by atoms with van der Waals surface area (Å²) in [4.78, 5) is 39.1. The van der Waals surface area contributed by atoms with Gasteiger partial charge in [-0.2, -0.15) is 0 Å². The van der Waals surface area contributed by atoms with Gasteiger partial charge in [0, 0.05) is 5.69 Å². The second kappa shape index (κ2) is 8.12. The number of aromatic nitrogens is 2. The zero-order valence-electron chi connectivity index (χ0n) is 16.7. The maximum Gasteiger partial charge on any atom is 0.336 e. The maximum absolute atomic E-state index is 13.3. The first-order chi connectivity index (χ1) is 14.5. The van der Waals surface area contributed by atoms with Crippen LogP contribution in [0, 0.1) is 6.92 Å². The summed E-state index contributed by atoms with van der Waals surface area (Å²) < 4.78 is 2.94. The highest BCUT2D eigenvalue weighted by Gasteiger charge is 2.18. The fraction of sp³-hybridized carbons (Fsp3) is 0.174. The van der Waals surface area contributed by atoms with E-state index < -0.39 is 5.69 Å². The molecule has 0 unspecified atom stereocenters. The molecule has 0 fully saturated rings. The van der Waals surface area contributed by atoms with Crippen molar-refractivity contribution in [1.29, 1.82) is 0 Å². The molecule has 0 aliphatic rings. The molecule has 0 aliphatic heterocycles. The number of nitrogens with one attached hydrogen (secondary N) is 1. The van der Waals surface area contributed by atoms with E-state index in [1.165, 1.54) is 15.9 Å². The van der Waals surface area contributed by atoms with Crippen molar-refractivity contribution in [3.8, 4) is 5.69 Å². The van der Waals surface area contributed by atoms with E-state index in [2.05, 4.69) is 5.32 Å². The Balaban J connectivity index is 1.79. The normalized spacial score (nSPS) is 11.0. The number of carbonyl (C=O) groups is 1. The van der Waals surface area contributed by atoms with Crippen LogP contribution in [-0.2, 0) is 17.8 Å². The standard InChI is InChI=1S/C23H21N3O3S/c1-3-16-8-4-5-10-18(16)24-20(27)14-25-19-11-12-30-21(19)22(28)26(23(25)29)17-9-6-7-15(2)13-17/h4-13H,3,14H2,1-2H3,(H,24,27). The molecule has 1 amide bonds. The Morgan fingerprint density at radius 3 is 2.63 bits per heavy atom. The average molecular weight is 420 g/mol. The van der Waals surface area contributed by atoms with Gasteiger partial charge in [0.15, 0.2) is 0 Å². The summed E-state index contributed by atoms with van der Waals surface area (Å²) in [6, 6.07) is 16.5. The van der Waals surface area contributed by atoms with Crippen molar-refractivity contribution in [3.63, 3.8) is 0 Å². The highest BCUT2D eigenvalue weighted by Crippen LogP contribution is 2.18. The maximum atomic E-state index is 13.3. The van der Waals surface area contributed by atoms with Gasteiger partial charge in [0.1, 0.15) is 11.2 Å². The third-order valence-corrected chi connectivity index (χ3v) is 5.88. The number of para-hydroxylation sites is 1. The topological polar surface area (TPSA) is 73.1 Å². The quantitative estimate of drug-likeness (QED) is 0.536. The summed E-state index contributed by atoms with van der Waals surface area (Å²) in [5.41, 5.74) is 2.74. The minimum atomic E-state index is -0.532. The number of thiophene rings is 1. The van der Waals surface area contributed by atoms with Crippen molar-refractivity contribution >= 4 is 33.1 Å². The second-order valence-corrected chi connectivity index (χ2v) is 7.96. The minimum absolute atomic E-state index is 0.184. The lowest BCUT2D eigenvalue weighted by molar-refractivity contribution is -0.116. The molecule has 2 heterocycles. The van der Waals surface area contributed by atoms with Gasteiger partial charge in [-0.15, -0.1) is 11.3 Å². The average Bonchev–Trinajstić information content (AvgIpc) is 3.22. The molecule has 4 aromatic rings. The molecule has 0 atom stereocenters. The first-order valence-corrected chi connectivity index (χ1v) is 10.6. The molecule has 6 nitrogen and oxygen atoms in total. The van der Waals surface area contributed by atoms with Gasteiger partial charge >= 0.3 is 5.69 Å². The molecule has 0 aliphatic carbocycles. The first kappa shape index (κ1) is 19.8. The lowest BCUT2D eigenvalue weighted by Crippen LogP contribution is -2.40. The smallest absolute Gasteiger partial charge is 0.324 e. The Labute approximate surface area is 177 Å². The van der Waals surface area contributed by atoms with Crippen LogP contribution < -0.4 is 16.6 Å². The number of nitrogens with zero attached hydrogens (tertiary/aromatic N) is 2. The van der Waals surface area contributed by atoms with Crippen molar-refractivity contribution in [1.82, 2.24) is 9.13 Å². The van der Waals surface area contributed by atoms with Crippen molar-refractivity contribution in [2.45, 2.75) is 26.8 Å². The van der Waals surface area contributed by atoms with Crippen LogP contribution in [0.1, 0.15) is 18.1 Å². The summed E-state index contributed by atoms with van der Waals surface area (Å²) in [6.07, 6.45) is 0.781. The van der Waals surface area contributed by atoms with Crippen LogP contribution in [0.15, 0.2) is 69.6 Å². The van der Waals surface area contributed by atoms with Crippen molar-refractivity contribution in [3.05, 3.63) is 91.9 Å². The Bertz CT molecular complexity index is 1360. The van der Waals surface area contributed by atoms with Gasteiger partial charge < -0.3 is 5.32 Å². The van der Waals surface area contributed by atoms with Crippen LogP contribution in [0.25, 0.3) is 15.9 Å². The summed E-state index contributed by atoms with van der Waals surface area (Å²) in [5.74, 6) is -0.319. The number of rotatable bonds is 5. The zero-order valence-corrected chi connectivity index (χ0v) is 17.5. The molecule has 2 aromatic heterocycles. The fourth-order valence-corrected chi connectivity index (χ4v) is 4.34.